The summed E-state index contributed by atoms with van der Waals surface area (Å²) in [4.78, 5) is 0. The lowest BCUT2D eigenvalue weighted by Crippen LogP contribution is -2.34. The highest BCUT2D eigenvalue weighted by atomic mass is 15.3. The van der Waals surface area contributed by atoms with Gasteiger partial charge < -0.3 is 5.32 Å². The number of nitrogens with zero attached hydrogens (tertiary/aromatic N) is 2. The summed E-state index contributed by atoms with van der Waals surface area (Å²) in [5.74, 6) is 1.65. The predicted molar refractivity (Wildman–Crippen MR) is 80.1 cm³/mol. The van der Waals surface area contributed by atoms with Crippen LogP contribution in [0.1, 0.15) is 63.3 Å². The molecule has 2 rings (SSSR count). The average Bonchev–Trinajstić information content (AvgIpc) is 2.76. The lowest BCUT2D eigenvalue weighted by Gasteiger charge is -2.37. The molecule has 3 unspecified atom stereocenters. The van der Waals surface area contributed by atoms with Crippen LogP contribution in [0.2, 0.25) is 0 Å². The van der Waals surface area contributed by atoms with Crippen molar-refractivity contribution in [2.24, 2.45) is 18.9 Å². The molecule has 1 N–H and O–H groups in total. The van der Waals surface area contributed by atoms with Crippen LogP contribution in [-0.2, 0) is 7.05 Å². The zero-order chi connectivity index (χ0) is 13.8. The smallest absolute Gasteiger partial charge is 0.0540 e. The molecule has 1 saturated carbocycles. The maximum Gasteiger partial charge on any atom is 0.0540 e. The molecule has 1 aliphatic carbocycles. The van der Waals surface area contributed by atoms with E-state index in [-0.39, 0.29) is 0 Å². The first kappa shape index (κ1) is 14.6. The standard InChI is InChI=1S/C16H29N3/c1-5-13-9-7-8-10-14(13)16(17-6-2)15-11-18-19(4)12(15)3/h11,13-14,16-17H,5-10H2,1-4H3. The third-order valence-corrected chi connectivity index (χ3v) is 4.95. The van der Waals surface area contributed by atoms with Gasteiger partial charge in [0.2, 0.25) is 0 Å². The molecule has 1 heterocycles. The maximum absolute atomic E-state index is 4.44. The molecule has 19 heavy (non-hydrogen) atoms. The molecule has 0 spiro atoms. The van der Waals surface area contributed by atoms with Gasteiger partial charge in [0.15, 0.2) is 0 Å². The second-order valence-electron chi connectivity index (χ2n) is 5.96. The van der Waals surface area contributed by atoms with Gasteiger partial charge in [0.25, 0.3) is 0 Å². The van der Waals surface area contributed by atoms with Gasteiger partial charge in [-0.1, -0.05) is 39.5 Å². The van der Waals surface area contributed by atoms with E-state index in [9.17, 15) is 0 Å². The molecule has 3 heteroatoms. The highest BCUT2D eigenvalue weighted by molar-refractivity contribution is 5.22. The van der Waals surface area contributed by atoms with Crippen LogP contribution in [0.3, 0.4) is 0 Å². The molecule has 0 amide bonds. The topological polar surface area (TPSA) is 29.9 Å². The lowest BCUT2D eigenvalue weighted by atomic mass is 9.72. The van der Waals surface area contributed by atoms with Crippen molar-refractivity contribution in [2.75, 3.05) is 6.54 Å². The van der Waals surface area contributed by atoms with Crippen molar-refractivity contribution < 1.29 is 0 Å². The number of aromatic nitrogens is 2. The molecule has 1 fully saturated rings. The van der Waals surface area contributed by atoms with Gasteiger partial charge in [-0.3, -0.25) is 4.68 Å². The SMILES string of the molecule is CCNC(c1cnn(C)c1C)C1CCCCC1CC. The molecule has 1 aromatic heterocycles. The molecule has 0 saturated heterocycles. The largest absolute Gasteiger partial charge is 0.310 e. The van der Waals surface area contributed by atoms with Crippen LogP contribution < -0.4 is 5.32 Å². The van der Waals surface area contributed by atoms with Gasteiger partial charge in [-0.25, -0.2) is 0 Å². The molecular formula is C16H29N3. The molecule has 0 bridgehead atoms. The van der Waals surface area contributed by atoms with Crippen molar-refractivity contribution in [1.82, 2.24) is 15.1 Å². The quantitative estimate of drug-likeness (QED) is 0.879. The summed E-state index contributed by atoms with van der Waals surface area (Å²) in [6.07, 6.45) is 8.96. The minimum atomic E-state index is 0.490. The van der Waals surface area contributed by atoms with Crippen LogP contribution in [0.15, 0.2) is 6.20 Å². The Balaban J connectivity index is 2.25. The van der Waals surface area contributed by atoms with Gasteiger partial charge in [0.1, 0.15) is 0 Å². The van der Waals surface area contributed by atoms with E-state index < -0.39 is 0 Å². The van der Waals surface area contributed by atoms with Gasteiger partial charge in [0, 0.05) is 24.3 Å². The summed E-state index contributed by atoms with van der Waals surface area (Å²) in [6, 6.07) is 0.490. The molecule has 1 aromatic rings. The van der Waals surface area contributed by atoms with E-state index in [0.29, 0.717) is 6.04 Å². The minimum Gasteiger partial charge on any atom is -0.310 e. The molecule has 0 aromatic carbocycles. The van der Waals surface area contributed by atoms with Crippen molar-refractivity contribution in [2.45, 2.75) is 58.9 Å². The first-order valence-electron chi connectivity index (χ1n) is 7.90. The second kappa shape index (κ2) is 6.56. The van der Waals surface area contributed by atoms with Gasteiger partial charge in [-0.2, -0.15) is 5.10 Å². The van der Waals surface area contributed by atoms with Crippen LogP contribution in [-0.4, -0.2) is 16.3 Å². The Kier molecular flexibility index (Phi) is 5.03. The third-order valence-electron chi connectivity index (χ3n) is 4.95. The van der Waals surface area contributed by atoms with Crippen molar-refractivity contribution >= 4 is 0 Å². The van der Waals surface area contributed by atoms with E-state index in [1.165, 1.54) is 43.4 Å². The summed E-state index contributed by atoms with van der Waals surface area (Å²) in [5, 5.41) is 8.18. The van der Waals surface area contributed by atoms with Crippen molar-refractivity contribution in [3.8, 4) is 0 Å². The molecule has 108 valence electrons. The van der Waals surface area contributed by atoms with Crippen LogP contribution >= 0.6 is 0 Å². The molecule has 0 radical (unpaired) electrons. The van der Waals surface area contributed by atoms with E-state index in [2.05, 4.69) is 37.4 Å². The van der Waals surface area contributed by atoms with E-state index in [4.69, 9.17) is 0 Å². The van der Waals surface area contributed by atoms with Crippen LogP contribution in [0, 0.1) is 18.8 Å². The highest BCUT2D eigenvalue weighted by Crippen LogP contribution is 2.40. The number of nitrogens with one attached hydrogen (secondary N) is 1. The fourth-order valence-corrected chi connectivity index (χ4v) is 3.71. The third kappa shape index (κ3) is 3.02. The Bertz CT molecular complexity index is 397. The Morgan fingerprint density at radius 2 is 2.11 bits per heavy atom. The van der Waals surface area contributed by atoms with Gasteiger partial charge in [0.05, 0.1) is 6.20 Å². The normalized spacial score (nSPS) is 25.5. The van der Waals surface area contributed by atoms with E-state index in [1.54, 1.807) is 0 Å². The molecule has 0 aliphatic heterocycles. The van der Waals surface area contributed by atoms with Gasteiger partial charge in [-0.15, -0.1) is 0 Å². The summed E-state index contributed by atoms with van der Waals surface area (Å²) < 4.78 is 2.00. The van der Waals surface area contributed by atoms with Gasteiger partial charge >= 0.3 is 0 Å². The maximum atomic E-state index is 4.44. The van der Waals surface area contributed by atoms with Gasteiger partial charge in [-0.05, 0) is 31.7 Å². The Morgan fingerprint density at radius 1 is 1.37 bits per heavy atom. The fourth-order valence-electron chi connectivity index (χ4n) is 3.71. The highest BCUT2D eigenvalue weighted by Gasteiger charge is 2.32. The predicted octanol–water partition coefficient (Wildman–Crippen LogP) is 3.60. The Labute approximate surface area is 117 Å². The average molecular weight is 263 g/mol. The zero-order valence-electron chi connectivity index (χ0n) is 12.9. The summed E-state index contributed by atoms with van der Waals surface area (Å²) in [5.41, 5.74) is 2.72. The van der Waals surface area contributed by atoms with Crippen LogP contribution in [0.4, 0.5) is 0 Å². The molecule has 3 atom stereocenters. The first-order valence-corrected chi connectivity index (χ1v) is 7.90. The first-order chi connectivity index (χ1) is 9.19. The van der Waals surface area contributed by atoms with Crippen molar-refractivity contribution in [3.05, 3.63) is 17.5 Å². The molecule has 1 aliphatic rings. The fraction of sp³-hybridized carbons (Fsp3) is 0.812. The van der Waals surface area contributed by atoms with Crippen LogP contribution in [0.5, 0.6) is 0 Å². The Hall–Kier alpha value is -0.830. The number of rotatable bonds is 5. The van der Waals surface area contributed by atoms with Crippen molar-refractivity contribution in [1.29, 1.82) is 0 Å². The second-order valence-corrected chi connectivity index (χ2v) is 5.96. The zero-order valence-corrected chi connectivity index (χ0v) is 12.9. The number of hydrogen-bond donors (Lipinski definition) is 1. The molecule has 3 nitrogen and oxygen atoms in total. The van der Waals surface area contributed by atoms with Crippen molar-refractivity contribution in [3.63, 3.8) is 0 Å². The summed E-state index contributed by atoms with van der Waals surface area (Å²) >= 11 is 0. The van der Waals surface area contributed by atoms with Crippen LogP contribution in [0.25, 0.3) is 0 Å². The monoisotopic (exact) mass is 263 g/mol. The van der Waals surface area contributed by atoms with E-state index in [0.717, 1.165) is 18.4 Å². The summed E-state index contributed by atoms with van der Waals surface area (Å²) in [6.45, 7) is 7.78. The minimum absolute atomic E-state index is 0.490. The lowest BCUT2D eigenvalue weighted by molar-refractivity contribution is 0.176. The van der Waals surface area contributed by atoms with E-state index >= 15 is 0 Å². The summed E-state index contributed by atoms with van der Waals surface area (Å²) in [7, 11) is 2.04. The molecular weight excluding hydrogens is 234 g/mol. The number of aryl methyl sites for hydroxylation is 1. The number of hydrogen-bond acceptors (Lipinski definition) is 2. The Morgan fingerprint density at radius 3 is 2.68 bits per heavy atom. The van der Waals surface area contributed by atoms with E-state index in [1.807, 2.05) is 11.7 Å².